The van der Waals surface area contributed by atoms with E-state index in [0.29, 0.717) is 152 Å². The molecule has 0 aromatic carbocycles. The van der Waals surface area contributed by atoms with Gasteiger partial charge in [-0.1, -0.05) is 0 Å². The minimum absolute atomic E-state index is 0.00324. The van der Waals surface area contributed by atoms with Crippen molar-refractivity contribution in [1.82, 2.24) is 5.32 Å². The number of aliphatic carboxylic acids is 2. The topological polar surface area (TPSA) is 267 Å². The second kappa shape index (κ2) is 44.1. The highest BCUT2D eigenvalue weighted by Gasteiger charge is 2.14. The van der Waals surface area contributed by atoms with Gasteiger partial charge in [0.1, 0.15) is 19.8 Å². The number of amides is 1. The smallest absolute Gasteiger partial charge is 0.372 e. The van der Waals surface area contributed by atoms with E-state index in [9.17, 15) is 24.0 Å². The number of Topliss-reactive ketones (excluding diaryl/α,β-unsaturated/α-hetero) is 1. The van der Waals surface area contributed by atoms with Crippen LogP contribution in [0.3, 0.4) is 0 Å². The number of esters is 1. The predicted molar refractivity (Wildman–Crippen MR) is 194 cm³/mol. The SMILES string of the molecule is O=C(O)COCC(=O)NCCOCCOCCOCCOCCOCCOCCOCCOCCOCCOCCOCCOCCOC(=O)CCC(=O)C(=O)O. The number of carbonyl (C=O) groups excluding carboxylic acids is 3. The number of carbonyl (C=O) groups is 5. The van der Waals surface area contributed by atoms with Crippen LogP contribution in [0.15, 0.2) is 0 Å². The standard InChI is InChI=1S/C35H63NO21/c37-31(35(42)43)1-2-34(41)57-28-27-55-26-25-54-24-23-53-22-21-52-20-19-51-18-17-50-16-15-49-14-13-48-12-11-47-10-9-46-8-7-45-6-5-44-4-3-36-32(38)29-56-30-33(39)40/h1-30H2,(H,36,38)(H,39,40)(H,42,43). The molecule has 0 radical (unpaired) electrons. The molecule has 57 heavy (non-hydrogen) atoms. The average molecular weight is 834 g/mol. The minimum Gasteiger partial charge on any atom is -0.480 e. The molecule has 0 spiro atoms. The second-order valence-corrected chi connectivity index (χ2v) is 11.0. The van der Waals surface area contributed by atoms with Gasteiger partial charge in [-0.2, -0.15) is 0 Å². The largest absolute Gasteiger partial charge is 0.480 e. The lowest BCUT2D eigenvalue weighted by Gasteiger charge is -2.09. The molecule has 22 heteroatoms. The van der Waals surface area contributed by atoms with Gasteiger partial charge in [0, 0.05) is 13.0 Å². The summed E-state index contributed by atoms with van der Waals surface area (Å²) >= 11 is 0. The summed E-state index contributed by atoms with van der Waals surface area (Å²) in [5, 5.41) is 19.4. The number of rotatable bonds is 47. The molecule has 0 atom stereocenters. The Balaban J connectivity index is 3.14. The van der Waals surface area contributed by atoms with Gasteiger partial charge in [0.25, 0.3) is 0 Å². The van der Waals surface area contributed by atoms with E-state index in [-0.39, 0.29) is 32.8 Å². The van der Waals surface area contributed by atoms with E-state index in [1.807, 2.05) is 0 Å². The summed E-state index contributed by atoms with van der Waals surface area (Å²) in [6.45, 7) is 9.18. The fourth-order valence-electron chi connectivity index (χ4n) is 3.67. The molecule has 0 saturated heterocycles. The van der Waals surface area contributed by atoms with Crippen LogP contribution in [0, 0.1) is 0 Å². The van der Waals surface area contributed by atoms with Crippen LogP contribution >= 0.6 is 0 Å². The molecule has 0 aliphatic heterocycles. The van der Waals surface area contributed by atoms with Crippen molar-refractivity contribution in [1.29, 1.82) is 0 Å². The Morgan fingerprint density at radius 1 is 0.351 bits per heavy atom. The van der Waals surface area contributed by atoms with Crippen LogP contribution in [-0.4, -0.2) is 225 Å². The summed E-state index contributed by atoms with van der Waals surface area (Å²) < 4.78 is 74.4. The highest BCUT2D eigenvalue weighted by molar-refractivity contribution is 6.32. The molecule has 0 aromatic heterocycles. The van der Waals surface area contributed by atoms with Crippen molar-refractivity contribution in [2.75, 3.05) is 185 Å². The van der Waals surface area contributed by atoms with Crippen LogP contribution in [-0.2, 0) is 90.3 Å². The van der Waals surface area contributed by atoms with Gasteiger partial charge in [-0.15, -0.1) is 0 Å². The molecule has 334 valence electrons. The summed E-state index contributed by atoms with van der Waals surface area (Å²) in [4.78, 5) is 54.3. The average Bonchev–Trinajstić information content (AvgIpc) is 3.18. The van der Waals surface area contributed by atoms with Crippen LogP contribution in [0.4, 0.5) is 0 Å². The monoisotopic (exact) mass is 833 g/mol. The fourth-order valence-corrected chi connectivity index (χ4v) is 3.67. The Kier molecular flexibility index (Phi) is 41.8. The molecule has 0 aliphatic carbocycles. The summed E-state index contributed by atoms with van der Waals surface area (Å²) in [6, 6.07) is 0. The maximum Gasteiger partial charge on any atom is 0.372 e. The van der Waals surface area contributed by atoms with Crippen LogP contribution in [0.2, 0.25) is 0 Å². The molecular formula is C35H63NO21. The van der Waals surface area contributed by atoms with Crippen LogP contribution in [0.5, 0.6) is 0 Å². The lowest BCUT2D eigenvalue weighted by molar-refractivity contribution is -0.151. The Hall–Kier alpha value is -2.97. The third-order valence-electron chi connectivity index (χ3n) is 6.40. The molecule has 0 heterocycles. The molecule has 0 bridgehead atoms. The van der Waals surface area contributed by atoms with Gasteiger partial charge in [0.05, 0.1) is 165 Å². The summed E-state index contributed by atoms with van der Waals surface area (Å²) in [6.07, 6.45) is -0.678. The number of ketones is 1. The zero-order valence-corrected chi connectivity index (χ0v) is 32.9. The normalized spacial score (nSPS) is 11.2. The molecule has 0 aliphatic rings. The van der Waals surface area contributed by atoms with Crippen molar-refractivity contribution < 1.29 is 101 Å². The molecule has 1 amide bonds. The van der Waals surface area contributed by atoms with Crippen LogP contribution in [0.25, 0.3) is 0 Å². The van der Waals surface area contributed by atoms with Crippen molar-refractivity contribution in [3.63, 3.8) is 0 Å². The second-order valence-electron chi connectivity index (χ2n) is 11.0. The Morgan fingerprint density at radius 3 is 0.947 bits per heavy atom. The summed E-state index contributed by atoms with van der Waals surface area (Å²) in [7, 11) is 0. The van der Waals surface area contributed by atoms with Crippen molar-refractivity contribution in [2.45, 2.75) is 12.8 Å². The van der Waals surface area contributed by atoms with E-state index >= 15 is 0 Å². The first-order valence-electron chi connectivity index (χ1n) is 18.7. The van der Waals surface area contributed by atoms with Crippen molar-refractivity contribution in [3.8, 4) is 0 Å². The van der Waals surface area contributed by atoms with Gasteiger partial charge in [0.15, 0.2) is 0 Å². The van der Waals surface area contributed by atoms with Gasteiger partial charge in [-0.25, -0.2) is 9.59 Å². The van der Waals surface area contributed by atoms with Gasteiger partial charge in [0.2, 0.25) is 11.7 Å². The summed E-state index contributed by atoms with van der Waals surface area (Å²) in [5.41, 5.74) is 0. The molecule has 22 nitrogen and oxygen atoms in total. The third kappa shape index (κ3) is 45.6. The lowest BCUT2D eigenvalue weighted by atomic mass is 10.2. The first-order chi connectivity index (χ1) is 27.8. The minimum atomic E-state index is -1.57. The number of carboxylic acids is 2. The van der Waals surface area contributed by atoms with E-state index in [0.717, 1.165) is 0 Å². The zero-order chi connectivity index (χ0) is 41.7. The predicted octanol–water partition coefficient (Wildman–Crippen LogP) is -1.62. The van der Waals surface area contributed by atoms with Gasteiger partial charge in [-0.3, -0.25) is 14.4 Å². The Bertz CT molecular complexity index is 975. The molecule has 0 aromatic rings. The highest BCUT2D eigenvalue weighted by atomic mass is 16.6. The molecule has 0 saturated carbocycles. The number of hydrogen-bond donors (Lipinski definition) is 3. The van der Waals surface area contributed by atoms with Crippen molar-refractivity contribution in [2.24, 2.45) is 0 Å². The molecular weight excluding hydrogens is 770 g/mol. The van der Waals surface area contributed by atoms with E-state index in [2.05, 4.69) is 10.1 Å². The molecule has 0 unspecified atom stereocenters. The van der Waals surface area contributed by atoms with Gasteiger partial charge < -0.3 is 81.8 Å². The maximum atomic E-state index is 11.4. The highest BCUT2D eigenvalue weighted by Crippen LogP contribution is 1.95. The fraction of sp³-hybridized carbons (Fsp3) is 0.857. The molecule has 0 rings (SSSR count). The van der Waals surface area contributed by atoms with Crippen LogP contribution in [0.1, 0.15) is 12.8 Å². The lowest BCUT2D eigenvalue weighted by Crippen LogP contribution is -2.31. The quantitative estimate of drug-likeness (QED) is 0.0353. The first kappa shape index (κ1) is 54.0. The van der Waals surface area contributed by atoms with E-state index < -0.39 is 42.6 Å². The van der Waals surface area contributed by atoms with Gasteiger partial charge >= 0.3 is 17.9 Å². The third-order valence-corrected chi connectivity index (χ3v) is 6.40. The van der Waals surface area contributed by atoms with E-state index in [1.54, 1.807) is 0 Å². The zero-order valence-electron chi connectivity index (χ0n) is 32.9. The molecule has 0 fully saturated rings. The summed E-state index contributed by atoms with van der Waals surface area (Å²) in [5.74, 6) is -4.80. The number of ether oxygens (including phenoxy) is 14. The Labute approximate surface area is 333 Å². The van der Waals surface area contributed by atoms with Crippen LogP contribution < -0.4 is 5.32 Å². The van der Waals surface area contributed by atoms with Crippen molar-refractivity contribution >= 4 is 29.6 Å². The molecule has 3 N–H and O–H groups in total. The number of nitrogens with one attached hydrogen (secondary N) is 1. The van der Waals surface area contributed by atoms with E-state index in [1.165, 1.54) is 0 Å². The van der Waals surface area contributed by atoms with Crippen molar-refractivity contribution in [3.05, 3.63) is 0 Å². The first-order valence-corrected chi connectivity index (χ1v) is 18.7. The Morgan fingerprint density at radius 2 is 0.649 bits per heavy atom. The number of carboxylic acid groups (broad SMARTS) is 2. The van der Waals surface area contributed by atoms with E-state index in [4.69, 9.17) is 71.8 Å². The van der Waals surface area contributed by atoms with Gasteiger partial charge in [-0.05, 0) is 0 Å². The maximum absolute atomic E-state index is 11.4. The number of hydrogen-bond acceptors (Lipinski definition) is 19.